The van der Waals surface area contributed by atoms with Crippen molar-refractivity contribution in [1.29, 1.82) is 0 Å². The molecule has 1 amide bonds. The maximum atomic E-state index is 13.9. The predicted octanol–water partition coefficient (Wildman–Crippen LogP) is 5.60. The molecule has 1 aliphatic rings. The molecule has 2 heterocycles. The number of nitrogens with zero attached hydrogens (tertiary/aromatic N) is 2. The highest BCUT2D eigenvalue weighted by atomic mass is 16.5. The molecule has 0 radical (unpaired) electrons. The number of carbonyl (C=O) groups excluding carboxylic acids is 1. The third kappa shape index (κ3) is 3.79. The van der Waals surface area contributed by atoms with Gasteiger partial charge >= 0.3 is 0 Å². The highest BCUT2D eigenvalue weighted by Gasteiger charge is 2.36. The fourth-order valence-corrected chi connectivity index (χ4v) is 4.82. The molecule has 1 atom stereocenters. The second-order valence-electron chi connectivity index (χ2n) is 8.72. The molecule has 178 valence electrons. The van der Waals surface area contributed by atoms with Crippen molar-refractivity contribution >= 4 is 28.6 Å². The molecule has 0 saturated heterocycles. The minimum Gasteiger partial charge on any atom is -0.493 e. The van der Waals surface area contributed by atoms with Crippen LogP contribution in [0.4, 0.5) is 11.6 Å². The number of ether oxygens (including phenoxy) is 2. The van der Waals surface area contributed by atoms with Crippen molar-refractivity contribution in [2.75, 3.05) is 24.9 Å². The summed E-state index contributed by atoms with van der Waals surface area (Å²) in [5, 5.41) is 6.49. The maximum absolute atomic E-state index is 13.9. The molecule has 1 aromatic heterocycles. The summed E-state index contributed by atoms with van der Waals surface area (Å²) in [6, 6.07) is 19.1. The number of aryl methyl sites for hydroxylation is 2. The summed E-state index contributed by atoms with van der Waals surface area (Å²) in [6.45, 7) is 5.93. The van der Waals surface area contributed by atoms with Gasteiger partial charge < -0.3 is 20.1 Å². The number of allylic oxidation sites excluding steroid dienone is 1. The van der Waals surface area contributed by atoms with Gasteiger partial charge in [-0.1, -0.05) is 42.0 Å². The number of nitrogens with one attached hydrogen (secondary N) is 2. The summed E-state index contributed by atoms with van der Waals surface area (Å²) in [6.07, 6.45) is 0. The molecule has 4 aromatic rings. The molecule has 0 saturated carbocycles. The summed E-state index contributed by atoms with van der Waals surface area (Å²) >= 11 is 0. The SMILES string of the molecule is COc1cccc([C@H]2C(C(=O)Nc3ccc(C)cc3C)=C(C)Nc3nc4ccccc4n32)c1OC. The molecule has 0 fully saturated rings. The van der Waals surface area contributed by atoms with E-state index in [4.69, 9.17) is 14.5 Å². The van der Waals surface area contributed by atoms with Crippen LogP contribution in [0.1, 0.15) is 29.7 Å². The van der Waals surface area contributed by atoms with E-state index in [1.165, 1.54) is 0 Å². The van der Waals surface area contributed by atoms with E-state index >= 15 is 0 Å². The van der Waals surface area contributed by atoms with Gasteiger partial charge in [-0.2, -0.15) is 0 Å². The van der Waals surface area contributed by atoms with E-state index in [1.54, 1.807) is 14.2 Å². The van der Waals surface area contributed by atoms with E-state index in [2.05, 4.69) is 21.3 Å². The van der Waals surface area contributed by atoms with E-state index in [0.717, 1.165) is 39.1 Å². The molecule has 0 aliphatic carbocycles. The largest absolute Gasteiger partial charge is 0.493 e. The lowest BCUT2D eigenvalue weighted by Gasteiger charge is -2.32. The van der Waals surface area contributed by atoms with Crippen LogP contribution in [-0.4, -0.2) is 29.7 Å². The van der Waals surface area contributed by atoms with Gasteiger partial charge in [-0.05, 0) is 50.6 Å². The normalized spacial score (nSPS) is 14.9. The van der Waals surface area contributed by atoms with Crippen LogP contribution in [0.5, 0.6) is 11.5 Å². The first-order valence-electron chi connectivity index (χ1n) is 11.5. The maximum Gasteiger partial charge on any atom is 0.255 e. The van der Waals surface area contributed by atoms with Crippen LogP contribution < -0.4 is 20.1 Å². The molecule has 1 aliphatic heterocycles. The van der Waals surface area contributed by atoms with Crippen LogP contribution in [0, 0.1) is 13.8 Å². The van der Waals surface area contributed by atoms with Gasteiger partial charge in [0.2, 0.25) is 5.95 Å². The average Bonchev–Trinajstić information content (AvgIpc) is 3.22. The van der Waals surface area contributed by atoms with E-state index in [0.29, 0.717) is 23.0 Å². The van der Waals surface area contributed by atoms with Crippen molar-refractivity contribution in [3.8, 4) is 11.5 Å². The molecular weight excluding hydrogens is 440 g/mol. The van der Waals surface area contributed by atoms with Gasteiger partial charge in [-0.15, -0.1) is 0 Å². The smallest absolute Gasteiger partial charge is 0.255 e. The van der Waals surface area contributed by atoms with Crippen LogP contribution in [0.3, 0.4) is 0 Å². The van der Waals surface area contributed by atoms with Crippen molar-refractivity contribution < 1.29 is 14.3 Å². The standard InChI is InChI=1S/C28H28N4O3/c1-16-13-14-20(17(2)15-16)30-27(33)24-18(3)29-28-31-21-10-6-7-11-22(21)32(28)25(24)19-9-8-12-23(34-4)26(19)35-5/h6-15,25H,1-5H3,(H,29,31)(H,30,33)/t25-/m0/s1. The molecule has 7 heteroatoms. The minimum atomic E-state index is -0.491. The number of hydrogen-bond donors (Lipinski definition) is 2. The second kappa shape index (κ2) is 8.83. The van der Waals surface area contributed by atoms with Crippen molar-refractivity contribution in [3.63, 3.8) is 0 Å². The van der Waals surface area contributed by atoms with E-state index in [9.17, 15) is 4.79 Å². The lowest BCUT2D eigenvalue weighted by atomic mass is 9.93. The number of para-hydroxylation sites is 3. The quantitative estimate of drug-likeness (QED) is 0.399. The van der Waals surface area contributed by atoms with Crippen LogP contribution >= 0.6 is 0 Å². The number of hydrogen-bond acceptors (Lipinski definition) is 5. The van der Waals surface area contributed by atoms with Crippen molar-refractivity contribution in [1.82, 2.24) is 9.55 Å². The molecule has 35 heavy (non-hydrogen) atoms. The number of amides is 1. The lowest BCUT2D eigenvalue weighted by molar-refractivity contribution is -0.113. The number of anilines is 2. The Morgan fingerprint density at radius 3 is 2.54 bits per heavy atom. The number of fused-ring (bicyclic) bond motifs is 3. The number of methoxy groups -OCH3 is 2. The molecule has 3 aromatic carbocycles. The highest BCUT2D eigenvalue weighted by molar-refractivity contribution is 6.07. The summed E-state index contributed by atoms with van der Waals surface area (Å²) in [5.41, 5.74) is 6.78. The Bertz CT molecular complexity index is 1490. The molecule has 0 spiro atoms. The number of benzene rings is 3. The van der Waals surface area contributed by atoms with Gasteiger partial charge in [-0.3, -0.25) is 9.36 Å². The van der Waals surface area contributed by atoms with Gasteiger partial charge in [0.1, 0.15) is 0 Å². The van der Waals surface area contributed by atoms with Crippen molar-refractivity contribution in [2.24, 2.45) is 0 Å². The van der Waals surface area contributed by atoms with E-state index in [-0.39, 0.29) is 5.91 Å². The van der Waals surface area contributed by atoms with Gasteiger partial charge in [0, 0.05) is 16.9 Å². The van der Waals surface area contributed by atoms with Gasteiger partial charge in [0.15, 0.2) is 11.5 Å². The van der Waals surface area contributed by atoms with Crippen LogP contribution in [-0.2, 0) is 4.79 Å². The Labute approximate surface area is 204 Å². The van der Waals surface area contributed by atoms with Gasteiger partial charge in [-0.25, -0.2) is 4.98 Å². The summed E-state index contributed by atoms with van der Waals surface area (Å²) in [7, 11) is 3.22. The number of rotatable bonds is 5. The fourth-order valence-electron chi connectivity index (χ4n) is 4.82. The fraction of sp³-hybridized carbons (Fsp3) is 0.214. The first kappa shape index (κ1) is 22.5. The first-order chi connectivity index (χ1) is 16.9. The number of carbonyl (C=O) groups is 1. The highest BCUT2D eigenvalue weighted by Crippen LogP contribution is 2.45. The van der Waals surface area contributed by atoms with Gasteiger partial charge in [0.05, 0.1) is 36.9 Å². The predicted molar refractivity (Wildman–Crippen MR) is 138 cm³/mol. The monoisotopic (exact) mass is 468 g/mol. The molecule has 0 bridgehead atoms. The zero-order valence-electron chi connectivity index (χ0n) is 20.5. The molecule has 7 nitrogen and oxygen atoms in total. The van der Waals surface area contributed by atoms with Crippen molar-refractivity contribution in [3.05, 3.63) is 88.6 Å². The van der Waals surface area contributed by atoms with Crippen LogP contribution in [0.15, 0.2) is 71.9 Å². The Hall–Kier alpha value is -4.26. The number of imidazole rings is 1. The van der Waals surface area contributed by atoms with Crippen molar-refractivity contribution in [2.45, 2.75) is 26.8 Å². The second-order valence-corrected chi connectivity index (χ2v) is 8.72. The molecule has 5 rings (SSSR count). The Kier molecular flexibility index (Phi) is 5.68. The topological polar surface area (TPSA) is 77.4 Å². The third-order valence-corrected chi connectivity index (χ3v) is 6.43. The molecular formula is C28H28N4O3. The summed E-state index contributed by atoms with van der Waals surface area (Å²) in [4.78, 5) is 18.7. The summed E-state index contributed by atoms with van der Waals surface area (Å²) in [5.74, 6) is 1.65. The minimum absolute atomic E-state index is 0.194. The van der Waals surface area contributed by atoms with Crippen LogP contribution in [0.25, 0.3) is 11.0 Å². The summed E-state index contributed by atoms with van der Waals surface area (Å²) < 4.78 is 13.4. The van der Waals surface area contributed by atoms with E-state index in [1.807, 2.05) is 75.4 Å². The van der Waals surface area contributed by atoms with Gasteiger partial charge in [0.25, 0.3) is 5.91 Å². The average molecular weight is 469 g/mol. The Morgan fingerprint density at radius 1 is 1.00 bits per heavy atom. The molecule has 0 unspecified atom stereocenters. The third-order valence-electron chi connectivity index (χ3n) is 6.43. The Morgan fingerprint density at radius 2 is 1.80 bits per heavy atom. The zero-order valence-corrected chi connectivity index (χ0v) is 20.5. The van der Waals surface area contributed by atoms with Crippen LogP contribution in [0.2, 0.25) is 0 Å². The van der Waals surface area contributed by atoms with E-state index < -0.39 is 6.04 Å². The number of aromatic nitrogens is 2. The lowest BCUT2D eigenvalue weighted by Crippen LogP contribution is -2.31. The Balaban J connectivity index is 1.72. The first-order valence-corrected chi connectivity index (χ1v) is 11.5. The molecule has 2 N–H and O–H groups in total. The zero-order chi connectivity index (χ0) is 24.7.